The summed E-state index contributed by atoms with van der Waals surface area (Å²) >= 11 is 3.39. The van der Waals surface area contributed by atoms with Crippen molar-refractivity contribution in [2.75, 3.05) is 5.73 Å². The van der Waals surface area contributed by atoms with Crippen LogP contribution >= 0.6 is 15.9 Å². The first-order valence-corrected chi connectivity index (χ1v) is 7.23. The fourth-order valence-electron chi connectivity index (χ4n) is 2.58. The SMILES string of the molecule is C[C@@H](NC(=O)c1cc(N)ccc1Br)C1CCCC1. The number of benzene rings is 1. The zero-order valence-corrected chi connectivity index (χ0v) is 12.2. The van der Waals surface area contributed by atoms with Crippen LogP contribution in [-0.2, 0) is 0 Å². The van der Waals surface area contributed by atoms with Gasteiger partial charge in [-0.3, -0.25) is 4.79 Å². The van der Waals surface area contributed by atoms with Gasteiger partial charge in [0.05, 0.1) is 5.56 Å². The van der Waals surface area contributed by atoms with Crippen molar-refractivity contribution in [3.63, 3.8) is 0 Å². The number of anilines is 1. The van der Waals surface area contributed by atoms with Crippen molar-refractivity contribution in [2.45, 2.75) is 38.6 Å². The highest BCUT2D eigenvalue weighted by Crippen LogP contribution is 2.28. The second-order valence-corrected chi connectivity index (χ2v) is 5.90. The number of nitrogens with one attached hydrogen (secondary N) is 1. The second-order valence-electron chi connectivity index (χ2n) is 5.05. The highest BCUT2D eigenvalue weighted by atomic mass is 79.9. The molecule has 0 aliphatic heterocycles. The summed E-state index contributed by atoms with van der Waals surface area (Å²) in [6.07, 6.45) is 5.01. The zero-order valence-electron chi connectivity index (χ0n) is 10.6. The minimum atomic E-state index is -0.0476. The maximum atomic E-state index is 12.2. The number of amides is 1. The fraction of sp³-hybridized carbons (Fsp3) is 0.500. The minimum Gasteiger partial charge on any atom is -0.399 e. The molecule has 18 heavy (non-hydrogen) atoms. The average molecular weight is 311 g/mol. The van der Waals surface area contributed by atoms with Crippen molar-refractivity contribution in [3.8, 4) is 0 Å². The summed E-state index contributed by atoms with van der Waals surface area (Å²) < 4.78 is 0.785. The lowest BCUT2D eigenvalue weighted by atomic mass is 9.99. The van der Waals surface area contributed by atoms with E-state index < -0.39 is 0 Å². The summed E-state index contributed by atoms with van der Waals surface area (Å²) in [6.45, 7) is 2.09. The van der Waals surface area contributed by atoms with Gasteiger partial charge in [-0.1, -0.05) is 12.8 Å². The highest BCUT2D eigenvalue weighted by molar-refractivity contribution is 9.10. The van der Waals surface area contributed by atoms with Gasteiger partial charge in [0.2, 0.25) is 0 Å². The molecular formula is C14H19BrN2O. The molecule has 1 aromatic rings. The number of hydrogen-bond donors (Lipinski definition) is 2. The van der Waals surface area contributed by atoms with Crippen LogP contribution in [0.15, 0.2) is 22.7 Å². The number of halogens is 1. The van der Waals surface area contributed by atoms with Crippen LogP contribution in [0.5, 0.6) is 0 Å². The van der Waals surface area contributed by atoms with E-state index in [1.807, 2.05) is 6.07 Å². The van der Waals surface area contributed by atoms with E-state index in [4.69, 9.17) is 5.73 Å². The molecule has 1 fully saturated rings. The van der Waals surface area contributed by atoms with Gasteiger partial charge in [0.1, 0.15) is 0 Å². The summed E-state index contributed by atoms with van der Waals surface area (Å²) in [6, 6.07) is 5.53. The van der Waals surface area contributed by atoms with E-state index in [1.165, 1.54) is 25.7 Å². The van der Waals surface area contributed by atoms with Gasteiger partial charge < -0.3 is 11.1 Å². The lowest BCUT2D eigenvalue weighted by Gasteiger charge is -2.20. The Labute approximate surface area is 116 Å². The molecule has 0 aromatic heterocycles. The Bertz CT molecular complexity index is 441. The van der Waals surface area contributed by atoms with Crippen molar-refractivity contribution in [2.24, 2.45) is 5.92 Å². The number of nitrogens with two attached hydrogens (primary N) is 1. The maximum Gasteiger partial charge on any atom is 0.252 e. The molecule has 1 amide bonds. The van der Waals surface area contributed by atoms with E-state index in [0.29, 0.717) is 17.2 Å². The molecule has 1 aromatic carbocycles. The normalized spacial score (nSPS) is 17.7. The molecular weight excluding hydrogens is 292 g/mol. The van der Waals surface area contributed by atoms with Gasteiger partial charge in [0.25, 0.3) is 5.91 Å². The Morgan fingerprint density at radius 2 is 2.11 bits per heavy atom. The summed E-state index contributed by atoms with van der Waals surface area (Å²) in [5.74, 6) is 0.572. The molecule has 98 valence electrons. The smallest absolute Gasteiger partial charge is 0.252 e. The van der Waals surface area contributed by atoms with Crippen LogP contribution < -0.4 is 11.1 Å². The van der Waals surface area contributed by atoms with E-state index in [2.05, 4.69) is 28.2 Å². The molecule has 0 saturated heterocycles. The lowest BCUT2D eigenvalue weighted by Crippen LogP contribution is -2.37. The molecule has 1 saturated carbocycles. The topological polar surface area (TPSA) is 55.1 Å². The first-order chi connectivity index (χ1) is 8.58. The quantitative estimate of drug-likeness (QED) is 0.841. The third-order valence-corrected chi connectivity index (χ3v) is 4.39. The van der Waals surface area contributed by atoms with E-state index in [9.17, 15) is 4.79 Å². The predicted molar refractivity (Wildman–Crippen MR) is 77.4 cm³/mol. The molecule has 1 aliphatic rings. The Kier molecular flexibility index (Phi) is 4.27. The molecule has 0 unspecified atom stereocenters. The molecule has 0 heterocycles. The molecule has 3 N–H and O–H groups in total. The number of rotatable bonds is 3. The van der Waals surface area contributed by atoms with Crippen molar-refractivity contribution in [1.82, 2.24) is 5.32 Å². The molecule has 0 bridgehead atoms. The fourth-order valence-corrected chi connectivity index (χ4v) is 3.00. The number of hydrogen-bond acceptors (Lipinski definition) is 2. The van der Waals surface area contributed by atoms with Crippen LogP contribution in [0.1, 0.15) is 43.0 Å². The van der Waals surface area contributed by atoms with Gasteiger partial charge in [-0.2, -0.15) is 0 Å². The third-order valence-electron chi connectivity index (χ3n) is 3.70. The first kappa shape index (κ1) is 13.4. The van der Waals surface area contributed by atoms with Crippen molar-refractivity contribution in [3.05, 3.63) is 28.2 Å². The van der Waals surface area contributed by atoms with Crippen molar-refractivity contribution >= 4 is 27.5 Å². The van der Waals surface area contributed by atoms with Gasteiger partial charge in [0, 0.05) is 16.2 Å². The van der Waals surface area contributed by atoms with Crippen LogP contribution in [-0.4, -0.2) is 11.9 Å². The van der Waals surface area contributed by atoms with E-state index in [1.54, 1.807) is 12.1 Å². The summed E-state index contributed by atoms with van der Waals surface area (Å²) in [7, 11) is 0. The standard InChI is InChI=1S/C14H19BrN2O/c1-9(10-4-2-3-5-10)17-14(18)12-8-11(16)6-7-13(12)15/h6-10H,2-5,16H2,1H3,(H,17,18)/t9-/m1/s1. The molecule has 4 heteroatoms. The molecule has 0 radical (unpaired) electrons. The number of carbonyl (C=O) groups is 1. The summed E-state index contributed by atoms with van der Waals surface area (Å²) in [5, 5.41) is 3.08. The Morgan fingerprint density at radius 1 is 1.44 bits per heavy atom. The van der Waals surface area contributed by atoms with E-state index >= 15 is 0 Å². The third kappa shape index (κ3) is 3.05. The Hall–Kier alpha value is -1.03. The Balaban J connectivity index is 2.04. The maximum absolute atomic E-state index is 12.2. The van der Waals surface area contributed by atoms with Gasteiger partial charge in [-0.05, 0) is 59.8 Å². The largest absolute Gasteiger partial charge is 0.399 e. The lowest BCUT2D eigenvalue weighted by molar-refractivity contribution is 0.0926. The van der Waals surface area contributed by atoms with Crippen LogP contribution in [0.25, 0.3) is 0 Å². The van der Waals surface area contributed by atoms with Crippen molar-refractivity contribution < 1.29 is 4.79 Å². The van der Waals surface area contributed by atoms with Crippen LogP contribution in [0.3, 0.4) is 0 Å². The highest BCUT2D eigenvalue weighted by Gasteiger charge is 2.23. The van der Waals surface area contributed by atoms with E-state index in [0.717, 1.165) is 4.47 Å². The number of nitrogen functional groups attached to an aromatic ring is 1. The molecule has 2 rings (SSSR count). The van der Waals surface area contributed by atoms with Gasteiger partial charge in [-0.15, -0.1) is 0 Å². The summed E-state index contributed by atoms with van der Waals surface area (Å²) in [5.41, 5.74) is 6.94. The molecule has 3 nitrogen and oxygen atoms in total. The molecule has 0 spiro atoms. The van der Waals surface area contributed by atoms with Gasteiger partial charge in [0.15, 0.2) is 0 Å². The van der Waals surface area contributed by atoms with Gasteiger partial charge in [-0.25, -0.2) is 0 Å². The van der Waals surface area contributed by atoms with Crippen molar-refractivity contribution in [1.29, 1.82) is 0 Å². The zero-order chi connectivity index (χ0) is 13.1. The van der Waals surface area contributed by atoms with Crippen LogP contribution in [0.2, 0.25) is 0 Å². The first-order valence-electron chi connectivity index (χ1n) is 6.44. The van der Waals surface area contributed by atoms with Crippen LogP contribution in [0, 0.1) is 5.92 Å². The second kappa shape index (κ2) is 5.74. The monoisotopic (exact) mass is 310 g/mol. The van der Waals surface area contributed by atoms with E-state index in [-0.39, 0.29) is 11.9 Å². The van der Waals surface area contributed by atoms with Gasteiger partial charge >= 0.3 is 0 Å². The molecule has 1 atom stereocenters. The van der Waals surface area contributed by atoms with Crippen LogP contribution in [0.4, 0.5) is 5.69 Å². The number of carbonyl (C=O) groups excluding carboxylic acids is 1. The Morgan fingerprint density at radius 3 is 2.78 bits per heavy atom. The minimum absolute atomic E-state index is 0.0476. The average Bonchev–Trinajstić information content (AvgIpc) is 2.85. The predicted octanol–water partition coefficient (Wildman–Crippen LogP) is 3.34. The summed E-state index contributed by atoms with van der Waals surface area (Å²) in [4.78, 5) is 12.2. The molecule has 1 aliphatic carbocycles.